The van der Waals surface area contributed by atoms with Gasteiger partial charge in [-0.1, -0.05) is 23.2 Å². The van der Waals surface area contributed by atoms with Crippen LogP contribution in [0.2, 0.25) is 10.0 Å². The van der Waals surface area contributed by atoms with Gasteiger partial charge in [0.25, 0.3) is 0 Å². The Kier molecular flexibility index (Phi) is 1.74. The zero-order valence-corrected chi connectivity index (χ0v) is 7.89. The second-order valence-corrected chi connectivity index (χ2v) is 3.47. The molecule has 2 rings (SSSR count). The number of fused-ring (bicyclic) bond motifs is 1. The van der Waals surface area contributed by atoms with Crippen molar-refractivity contribution < 1.29 is 0 Å². The minimum absolute atomic E-state index is 0.617. The Hall–Kier alpha value is -0.730. The topological polar surface area (TPSA) is 17.8 Å². The summed E-state index contributed by atoms with van der Waals surface area (Å²) < 4.78 is 1.72. The fourth-order valence-electron chi connectivity index (χ4n) is 1.17. The van der Waals surface area contributed by atoms with E-state index in [0.717, 1.165) is 10.9 Å². The van der Waals surface area contributed by atoms with Gasteiger partial charge in [-0.15, -0.1) is 0 Å². The van der Waals surface area contributed by atoms with Crippen LogP contribution in [0.3, 0.4) is 0 Å². The van der Waals surface area contributed by atoms with E-state index in [-0.39, 0.29) is 0 Å². The van der Waals surface area contributed by atoms with Crippen molar-refractivity contribution in [1.82, 2.24) is 9.78 Å². The smallest absolute Gasteiger partial charge is 0.0953 e. The molecular weight excluding hydrogens is 195 g/mol. The van der Waals surface area contributed by atoms with Crippen LogP contribution < -0.4 is 0 Å². The van der Waals surface area contributed by atoms with Crippen LogP contribution in [0.1, 0.15) is 0 Å². The van der Waals surface area contributed by atoms with Crippen LogP contribution in [0.15, 0.2) is 18.3 Å². The molecule has 0 saturated carbocycles. The van der Waals surface area contributed by atoms with Crippen LogP contribution in [0.25, 0.3) is 10.9 Å². The van der Waals surface area contributed by atoms with Gasteiger partial charge in [-0.2, -0.15) is 5.10 Å². The van der Waals surface area contributed by atoms with Gasteiger partial charge in [0, 0.05) is 23.7 Å². The molecule has 0 aliphatic carbocycles. The van der Waals surface area contributed by atoms with Crippen molar-refractivity contribution in [3.63, 3.8) is 0 Å². The van der Waals surface area contributed by atoms with Crippen molar-refractivity contribution in [1.29, 1.82) is 0 Å². The first-order chi connectivity index (χ1) is 5.66. The van der Waals surface area contributed by atoms with Crippen molar-refractivity contribution in [2.24, 2.45) is 7.05 Å². The van der Waals surface area contributed by atoms with E-state index in [9.17, 15) is 0 Å². The molecule has 0 atom stereocenters. The predicted molar refractivity (Wildman–Crippen MR) is 50.7 cm³/mol. The zero-order valence-electron chi connectivity index (χ0n) is 6.38. The lowest BCUT2D eigenvalue weighted by atomic mass is 10.2. The molecule has 0 amide bonds. The number of hydrogen-bond acceptors (Lipinski definition) is 1. The van der Waals surface area contributed by atoms with Crippen LogP contribution in [-0.4, -0.2) is 9.78 Å². The second-order valence-electron chi connectivity index (χ2n) is 2.62. The number of nitrogens with zero attached hydrogens (tertiary/aromatic N) is 2. The van der Waals surface area contributed by atoms with Gasteiger partial charge in [0.2, 0.25) is 0 Å². The van der Waals surface area contributed by atoms with E-state index in [4.69, 9.17) is 23.2 Å². The van der Waals surface area contributed by atoms with Gasteiger partial charge in [0.15, 0.2) is 0 Å². The summed E-state index contributed by atoms with van der Waals surface area (Å²) in [6.45, 7) is 0. The molecule has 1 heterocycles. The van der Waals surface area contributed by atoms with E-state index < -0.39 is 0 Å². The lowest BCUT2D eigenvalue weighted by Gasteiger charge is -1.92. The summed E-state index contributed by atoms with van der Waals surface area (Å²) in [6.07, 6.45) is 1.87. The Morgan fingerprint density at radius 3 is 2.83 bits per heavy atom. The molecule has 1 aromatic heterocycles. The Morgan fingerprint density at radius 1 is 1.33 bits per heavy atom. The minimum Gasteiger partial charge on any atom is -0.275 e. The van der Waals surface area contributed by atoms with Crippen LogP contribution in [0.5, 0.6) is 0 Å². The first-order valence-electron chi connectivity index (χ1n) is 3.45. The number of aryl methyl sites for hydroxylation is 1. The molecule has 0 aliphatic rings. The van der Waals surface area contributed by atoms with Gasteiger partial charge >= 0.3 is 0 Å². The standard InChI is InChI=1S/C8H6Cl2N2/c1-12-4-6-7(10)2-5(9)3-8(6)11-12/h2-4H,1H3. The SMILES string of the molecule is Cn1cc2c(Cl)cc(Cl)cc2n1. The molecule has 0 aliphatic heterocycles. The molecule has 4 heteroatoms. The fraction of sp³-hybridized carbons (Fsp3) is 0.125. The van der Waals surface area contributed by atoms with E-state index in [0.29, 0.717) is 10.0 Å². The highest BCUT2D eigenvalue weighted by Gasteiger charge is 2.03. The Morgan fingerprint density at radius 2 is 2.08 bits per heavy atom. The maximum atomic E-state index is 5.94. The number of hydrogen-bond donors (Lipinski definition) is 0. The lowest BCUT2D eigenvalue weighted by molar-refractivity contribution is 0.780. The first-order valence-corrected chi connectivity index (χ1v) is 4.21. The summed E-state index contributed by atoms with van der Waals surface area (Å²) in [7, 11) is 1.85. The third-order valence-electron chi connectivity index (χ3n) is 1.65. The molecule has 2 aromatic rings. The zero-order chi connectivity index (χ0) is 8.72. The van der Waals surface area contributed by atoms with E-state index in [1.807, 2.05) is 13.2 Å². The highest BCUT2D eigenvalue weighted by molar-refractivity contribution is 6.38. The summed E-state index contributed by atoms with van der Waals surface area (Å²) in [5, 5.41) is 6.38. The van der Waals surface area contributed by atoms with Crippen molar-refractivity contribution in [3.05, 3.63) is 28.4 Å². The monoisotopic (exact) mass is 200 g/mol. The highest BCUT2D eigenvalue weighted by Crippen LogP contribution is 2.26. The molecule has 2 nitrogen and oxygen atoms in total. The molecule has 0 bridgehead atoms. The molecule has 0 saturated heterocycles. The van der Waals surface area contributed by atoms with Crippen molar-refractivity contribution in [3.8, 4) is 0 Å². The second kappa shape index (κ2) is 2.64. The maximum Gasteiger partial charge on any atom is 0.0953 e. The molecule has 62 valence electrons. The largest absolute Gasteiger partial charge is 0.275 e. The van der Waals surface area contributed by atoms with Gasteiger partial charge in [-0.25, -0.2) is 0 Å². The molecule has 0 fully saturated rings. The lowest BCUT2D eigenvalue weighted by Crippen LogP contribution is -1.84. The molecule has 0 spiro atoms. The fourth-order valence-corrected chi connectivity index (χ4v) is 1.70. The number of halogens is 2. The Bertz CT molecular complexity index is 434. The summed E-state index contributed by atoms with van der Waals surface area (Å²) in [6, 6.07) is 3.51. The number of rotatable bonds is 0. The molecule has 0 unspecified atom stereocenters. The van der Waals surface area contributed by atoms with Gasteiger partial charge in [-0.05, 0) is 12.1 Å². The molecular formula is C8H6Cl2N2. The number of aromatic nitrogens is 2. The quantitative estimate of drug-likeness (QED) is 0.640. The molecule has 12 heavy (non-hydrogen) atoms. The minimum atomic E-state index is 0.617. The Labute approximate surface area is 79.7 Å². The maximum absolute atomic E-state index is 5.94. The predicted octanol–water partition coefficient (Wildman–Crippen LogP) is 2.88. The normalized spacial score (nSPS) is 10.9. The van der Waals surface area contributed by atoms with Gasteiger partial charge in [0.1, 0.15) is 0 Å². The third kappa shape index (κ3) is 1.17. The molecule has 0 N–H and O–H groups in total. The average molecular weight is 201 g/mol. The van der Waals surface area contributed by atoms with E-state index in [2.05, 4.69) is 5.10 Å². The van der Waals surface area contributed by atoms with Crippen LogP contribution in [0.4, 0.5) is 0 Å². The first kappa shape index (κ1) is 7.90. The van der Waals surface area contributed by atoms with E-state index in [1.54, 1.807) is 16.8 Å². The Balaban J connectivity index is 2.88. The molecule has 0 radical (unpaired) electrons. The van der Waals surface area contributed by atoms with Crippen LogP contribution in [0, 0.1) is 0 Å². The summed E-state index contributed by atoms with van der Waals surface area (Å²) in [5.41, 5.74) is 0.829. The van der Waals surface area contributed by atoms with E-state index in [1.165, 1.54) is 0 Å². The van der Waals surface area contributed by atoms with Crippen molar-refractivity contribution in [2.45, 2.75) is 0 Å². The third-order valence-corrected chi connectivity index (χ3v) is 2.18. The van der Waals surface area contributed by atoms with Crippen LogP contribution >= 0.6 is 23.2 Å². The van der Waals surface area contributed by atoms with Crippen molar-refractivity contribution in [2.75, 3.05) is 0 Å². The summed E-state index contributed by atoms with van der Waals surface area (Å²) in [4.78, 5) is 0. The van der Waals surface area contributed by atoms with Gasteiger partial charge in [-0.3, -0.25) is 4.68 Å². The summed E-state index contributed by atoms with van der Waals surface area (Å²) in [5.74, 6) is 0. The van der Waals surface area contributed by atoms with Crippen molar-refractivity contribution >= 4 is 34.1 Å². The van der Waals surface area contributed by atoms with Gasteiger partial charge < -0.3 is 0 Å². The average Bonchev–Trinajstić information content (AvgIpc) is 2.29. The van der Waals surface area contributed by atoms with Crippen LogP contribution in [-0.2, 0) is 7.05 Å². The highest BCUT2D eigenvalue weighted by atomic mass is 35.5. The van der Waals surface area contributed by atoms with E-state index >= 15 is 0 Å². The van der Waals surface area contributed by atoms with Gasteiger partial charge in [0.05, 0.1) is 10.5 Å². The number of benzene rings is 1. The molecule has 1 aromatic carbocycles. The summed E-state index contributed by atoms with van der Waals surface area (Å²) >= 11 is 11.7.